The molecule has 1 aliphatic rings. The molecule has 1 aliphatic heterocycles. The van der Waals surface area contributed by atoms with E-state index in [0.29, 0.717) is 12.3 Å². The number of benzene rings is 1. The number of hydrogen-bond acceptors (Lipinski definition) is 5. The summed E-state index contributed by atoms with van der Waals surface area (Å²) in [5.41, 5.74) is 1.19. The van der Waals surface area contributed by atoms with Gasteiger partial charge in [0.25, 0.3) is 0 Å². The molecule has 0 unspecified atom stereocenters. The minimum absolute atomic E-state index is 0.0683. The summed E-state index contributed by atoms with van der Waals surface area (Å²) in [6, 6.07) is 7.90. The number of aliphatic imine (C=N–C) groups is 1. The fourth-order valence-electron chi connectivity index (χ4n) is 1.72. The van der Waals surface area contributed by atoms with Crippen molar-refractivity contribution in [3.8, 4) is 5.75 Å². The highest BCUT2D eigenvalue weighted by molar-refractivity contribution is 8.39. The lowest BCUT2D eigenvalue weighted by atomic mass is 10.1. The zero-order valence-corrected chi connectivity index (χ0v) is 13.1. The van der Waals surface area contributed by atoms with Crippen LogP contribution in [0.4, 0.5) is 0 Å². The first-order valence-corrected chi connectivity index (χ1v) is 8.45. The van der Waals surface area contributed by atoms with Crippen LogP contribution in [0, 0.1) is 0 Å². The van der Waals surface area contributed by atoms with Gasteiger partial charge in [-0.2, -0.15) is 0 Å². The Morgan fingerprint density at radius 2 is 2.25 bits per heavy atom. The van der Waals surface area contributed by atoms with Crippen LogP contribution in [0.1, 0.15) is 5.56 Å². The Kier molecular flexibility index (Phi) is 6.26. The van der Waals surface area contributed by atoms with Crippen LogP contribution < -0.4 is 10.1 Å². The van der Waals surface area contributed by atoms with E-state index in [2.05, 4.69) is 10.3 Å². The average Bonchev–Trinajstić information content (AvgIpc) is 2.99. The summed E-state index contributed by atoms with van der Waals surface area (Å²) >= 11 is 3.26. The van der Waals surface area contributed by atoms with Crippen LogP contribution in [0.2, 0.25) is 0 Å². The van der Waals surface area contributed by atoms with E-state index in [9.17, 15) is 4.79 Å². The van der Waals surface area contributed by atoms with Gasteiger partial charge in [-0.1, -0.05) is 35.7 Å². The Morgan fingerprint density at radius 3 is 2.90 bits per heavy atom. The van der Waals surface area contributed by atoms with E-state index < -0.39 is 0 Å². The molecule has 6 heteroatoms. The number of carbonyl (C=O) groups is 1. The SMILES string of the molecule is COc1ccc(CCNC(=O)CSC2=NCCS2)cc1. The van der Waals surface area contributed by atoms with Crippen molar-refractivity contribution < 1.29 is 9.53 Å². The van der Waals surface area contributed by atoms with Crippen molar-refractivity contribution in [2.24, 2.45) is 4.99 Å². The van der Waals surface area contributed by atoms with E-state index in [4.69, 9.17) is 4.74 Å². The standard InChI is InChI=1S/C14H18N2O2S2/c1-18-12-4-2-11(3-5-12)6-7-15-13(17)10-20-14-16-8-9-19-14/h2-5H,6-10H2,1H3,(H,15,17). The quantitative estimate of drug-likeness (QED) is 0.875. The lowest BCUT2D eigenvalue weighted by Crippen LogP contribution is -2.27. The first-order chi connectivity index (χ1) is 9.78. The van der Waals surface area contributed by atoms with Crippen LogP contribution in [0.15, 0.2) is 29.3 Å². The molecule has 4 nitrogen and oxygen atoms in total. The second-order valence-electron chi connectivity index (χ2n) is 4.23. The van der Waals surface area contributed by atoms with Crippen LogP contribution >= 0.6 is 23.5 Å². The van der Waals surface area contributed by atoms with Crippen LogP contribution in [0.3, 0.4) is 0 Å². The van der Waals surface area contributed by atoms with Crippen molar-refractivity contribution >= 4 is 33.8 Å². The summed E-state index contributed by atoms with van der Waals surface area (Å²) in [6.45, 7) is 1.54. The molecular formula is C14H18N2O2S2. The van der Waals surface area contributed by atoms with Crippen LogP contribution in [-0.4, -0.2) is 42.0 Å². The van der Waals surface area contributed by atoms with Crippen molar-refractivity contribution in [3.63, 3.8) is 0 Å². The van der Waals surface area contributed by atoms with Crippen molar-refractivity contribution in [1.82, 2.24) is 5.32 Å². The van der Waals surface area contributed by atoms with Gasteiger partial charge in [-0.05, 0) is 24.1 Å². The number of amides is 1. The fraction of sp³-hybridized carbons (Fsp3) is 0.429. The molecule has 20 heavy (non-hydrogen) atoms. The maximum atomic E-state index is 11.7. The minimum Gasteiger partial charge on any atom is -0.497 e. The Hall–Kier alpha value is -1.14. The summed E-state index contributed by atoms with van der Waals surface area (Å²) in [5.74, 6) is 2.42. The second-order valence-corrected chi connectivity index (χ2v) is 6.54. The van der Waals surface area contributed by atoms with Crippen LogP contribution in [0.25, 0.3) is 0 Å². The Bertz CT molecular complexity index is 475. The number of rotatable bonds is 6. The maximum absolute atomic E-state index is 11.7. The molecule has 0 aliphatic carbocycles. The molecule has 1 heterocycles. The molecule has 0 aromatic heterocycles. The van der Waals surface area contributed by atoms with Gasteiger partial charge in [0.05, 0.1) is 19.4 Å². The van der Waals surface area contributed by atoms with E-state index in [-0.39, 0.29) is 5.91 Å². The van der Waals surface area contributed by atoms with Gasteiger partial charge in [-0.3, -0.25) is 9.79 Å². The number of carbonyl (C=O) groups excluding carboxylic acids is 1. The molecule has 0 radical (unpaired) electrons. The minimum atomic E-state index is 0.0683. The van der Waals surface area contributed by atoms with Gasteiger partial charge in [0.15, 0.2) is 0 Å². The first kappa shape index (κ1) is 15.3. The summed E-state index contributed by atoms with van der Waals surface area (Å²) < 4.78 is 6.14. The van der Waals surface area contributed by atoms with Crippen molar-refractivity contribution in [2.75, 3.05) is 31.7 Å². The second kappa shape index (κ2) is 8.21. The predicted octanol–water partition coefficient (Wildman–Crippen LogP) is 2.19. The molecule has 1 N–H and O–H groups in total. The molecule has 1 amide bonds. The summed E-state index contributed by atoms with van der Waals surface area (Å²) in [4.78, 5) is 16.0. The summed E-state index contributed by atoms with van der Waals surface area (Å²) in [5, 5.41) is 2.93. The molecule has 0 saturated carbocycles. The highest BCUT2D eigenvalue weighted by Gasteiger charge is 2.10. The third-order valence-electron chi connectivity index (χ3n) is 2.78. The number of hydrogen-bond donors (Lipinski definition) is 1. The van der Waals surface area contributed by atoms with Crippen molar-refractivity contribution in [3.05, 3.63) is 29.8 Å². The third kappa shape index (κ3) is 5.09. The number of nitrogens with one attached hydrogen (secondary N) is 1. The monoisotopic (exact) mass is 310 g/mol. The molecule has 0 fully saturated rings. The van der Waals surface area contributed by atoms with Gasteiger partial charge >= 0.3 is 0 Å². The molecule has 1 aromatic carbocycles. The topological polar surface area (TPSA) is 50.7 Å². The molecule has 0 saturated heterocycles. The molecule has 2 rings (SSSR count). The van der Waals surface area contributed by atoms with E-state index in [1.807, 2.05) is 24.3 Å². The molecule has 0 atom stereocenters. The molecule has 0 spiro atoms. The highest BCUT2D eigenvalue weighted by atomic mass is 32.2. The zero-order valence-electron chi connectivity index (χ0n) is 11.4. The van der Waals surface area contributed by atoms with Crippen molar-refractivity contribution in [2.45, 2.75) is 6.42 Å². The van der Waals surface area contributed by atoms with Crippen LogP contribution in [-0.2, 0) is 11.2 Å². The van der Waals surface area contributed by atoms with Gasteiger partial charge in [0.1, 0.15) is 10.1 Å². The highest BCUT2D eigenvalue weighted by Crippen LogP contribution is 2.21. The maximum Gasteiger partial charge on any atom is 0.230 e. The molecular weight excluding hydrogens is 292 g/mol. The van der Waals surface area contributed by atoms with Crippen molar-refractivity contribution in [1.29, 1.82) is 0 Å². The number of nitrogens with zero attached hydrogens (tertiary/aromatic N) is 1. The van der Waals surface area contributed by atoms with Gasteiger partial charge in [0.2, 0.25) is 5.91 Å². The summed E-state index contributed by atoms with van der Waals surface area (Å²) in [7, 11) is 1.65. The lowest BCUT2D eigenvalue weighted by molar-refractivity contribution is -0.118. The van der Waals surface area contributed by atoms with Crippen LogP contribution in [0.5, 0.6) is 5.75 Å². The van der Waals surface area contributed by atoms with E-state index in [0.717, 1.165) is 28.8 Å². The number of thioether (sulfide) groups is 2. The lowest BCUT2D eigenvalue weighted by Gasteiger charge is -2.06. The van der Waals surface area contributed by atoms with E-state index in [1.165, 1.54) is 17.3 Å². The third-order valence-corrected chi connectivity index (χ3v) is 5.03. The normalized spacial score (nSPS) is 13.9. The number of ether oxygens (including phenoxy) is 1. The average molecular weight is 310 g/mol. The molecule has 108 valence electrons. The smallest absolute Gasteiger partial charge is 0.230 e. The Morgan fingerprint density at radius 1 is 1.45 bits per heavy atom. The molecule has 1 aromatic rings. The fourth-order valence-corrected chi connectivity index (χ4v) is 3.56. The Labute approximate surface area is 127 Å². The van der Waals surface area contributed by atoms with E-state index >= 15 is 0 Å². The van der Waals surface area contributed by atoms with E-state index in [1.54, 1.807) is 18.9 Å². The summed E-state index contributed by atoms with van der Waals surface area (Å²) in [6.07, 6.45) is 0.829. The van der Waals surface area contributed by atoms with Gasteiger partial charge in [-0.25, -0.2) is 0 Å². The predicted molar refractivity (Wildman–Crippen MR) is 86.9 cm³/mol. The van der Waals surface area contributed by atoms with Gasteiger partial charge in [-0.15, -0.1) is 0 Å². The first-order valence-electron chi connectivity index (χ1n) is 6.47. The van der Waals surface area contributed by atoms with Gasteiger partial charge in [0, 0.05) is 12.3 Å². The molecule has 0 bridgehead atoms. The number of methoxy groups -OCH3 is 1. The largest absolute Gasteiger partial charge is 0.497 e. The van der Waals surface area contributed by atoms with Gasteiger partial charge < -0.3 is 10.1 Å². The zero-order chi connectivity index (χ0) is 14.2. The Balaban J connectivity index is 1.62.